The number of aryl methyl sites for hydroxylation is 2. The zero-order chi connectivity index (χ0) is 20.2. The molecule has 0 unspecified atom stereocenters. The van der Waals surface area contributed by atoms with Crippen LogP contribution in [0, 0.1) is 17.8 Å². The third kappa shape index (κ3) is 3.14. The number of aromatic nitrogens is 2. The van der Waals surface area contributed by atoms with Crippen molar-refractivity contribution in [3.8, 4) is 0 Å². The van der Waals surface area contributed by atoms with Crippen LogP contribution in [0.2, 0.25) is 0 Å². The lowest BCUT2D eigenvalue weighted by atomic mass is 9.92. The number of carbonyl (C=O) groups excluding carboxylic acids is 1. The van der Waals surface area contributed by atoms with Crippen molar-refractivity contribution in [2.24, 2.45) is 17.8 Å². The van der Waals surface area contributed by atoms with Crippen molar-refractivity contribution >= 4 is 27.5 Å². The third-order valence-electron chi connectivity index (χ3n) is 7.53. The van der Waals surface area contributed by atoms with E-state index in [1.54, 1.807) is 11.3 Å². The van der Waals surface area contributed by atoms with E-state index in [4.69, 9.17) is 4.98 Å². The molecule has 0 spiro atoms. The van der Waals surface area contributed by atoms with Crippen LogP contribution >= 0.6 is 11.3 Å². The number of carbonyl (C=O) groups is 1. The van der Waals surface area contributed by atoms with Gasteiger partial charge in [-0.25, -0.2) is 4.98 Å². The normalized spacial score (nSPS) is 28.4. The first-order valence-corrected chi connectivity index (χ1v) is 12.2. The first kappa shape index (κ1) is 18.8. The van der Waals surface area contributed by atoms with E-state index in [0.717, 1.165) is 61.5 Å². The van der Waals surface area contributed by atoms with Crippen LogP contribution in [0.3, 0.4) is 0 Å². The highest BCUT2D eigenvalue weighted by atomic mass is 32.1. The molecule has 1 aliphatic heterocycles. The summed E-state index contributed by atoms with van der Waals surface area (Å²) in [7, 11) is 0. The molecule has 7 heteroatoms. The highest BCUT2D eigenvalue weighted by Crippen LogP contribution is 2.44. The third-order valence-corrected chi connectivity index (χ3v) is 8.71. The number of allylic oxidation sites excluding steroid dienone is 2. The maximum atomic E-state index is 13.0. The number of amides is 1. The number of nitrogens with zero attached hydrogens (tertiary/aromatic N) is 3. The molecule has 0 radical (unpaired) electrons. The fraction of sp³-hybridized carbons (Fsp3) is 0.609. The molecule has 3 atom stereocenters. The van der Waals surface area contributed by atoms with Crippen LogP contribution in [0.15, 0.2) is 16.9 Å². The van der Waals surface area contributed by atoms with Crippen LogP contribution in [0.1, 0.15) is 41.9 Å². The summed E-state index contributed by atoms with van der Waals surface area (Å²) in [5.74, 6) is 2.41. The maximum Gasteiger partial charge on any atom is 0.259 e. The molecule has 1 amide bonds. The van der Waals surface area contributed by atoms with Gasteiger partial charge in [0.2, 0.25) is 5.91 Å². The number of thiophene rings is 1. The summed E-state index contributed by atoms with van der Waals surface area (Å²) in [4.78, 5) is 40.2. The molecule has 0 aromatic carbocycles. The number of nitrogens with one attached hydrogen (secondary N) is 1. The van der Waals surface area contributed by atoms with E-state index in [2.05, 4.69) is 26.9 Å². The van der Waals surface area contributed by atoms with Crippen molar-refractivity contribution in [1.29, 1.82) is 0 Å². The van der Waals surface area contributed by atoms with Gasteiger partial charge in [0.15, 0.2) is 0 Å². The van der Waals surface area contributed by atoms with Gasteiger partial charge in [0, 0.05) is 37.0 Å². The monoisotopic (exact) mass is 424 g/mol. The Morgan fingerprint density at radius 3 is 2.73 bits per heavy atom. The van der Waals surface area contributed by atoms with Crippen molar-refractivity contribution in [2.75, 3.05) is 26.2 Å². The van der Waals surface area contributed by atoms with Crippen LogP contribution in [0.4, 0.5) is 0 Å². The lowest BCUT2D eigenvalue weighted by Crippen LogP contribution is -2.50. The highest BCUT2D eigenvalue weighted by molar-refractivity contribution is 7.18. The first-order chi connectivity index (χ1) is 14.7. The molecule has 2 fully saturated rings. The van der Waals surface area contributed by atoms with E-state index in [9.17, 15) is 9.59 Å². The van der Waals surface area contributed by atoms with Crippen molar-refractivity contribution in [3.63, 3.8) is 0 Å². The quantitative estimate of drug-likeness (QED) is 0.770. The fourth-order valence-corrected chi connectivity index (χ4v) is 7.20. The minimum Gasteiger partial charge on any atom is -0.340 e. The van der Waals surface area contributed by atoms with Gasteiger partial charge in [-0.15, -0.1) is 11.3 Å². The van der Waals surface area contributed by atoms with E-state index in [0.29, 0.717) is 24.3 Å². The van der Waals surface area contributed by atoms with E-state index >= 15 is 0 Å². The summed E-state index contributed by atoms with van der Waals surface area (Å²) in [6.07, 6.45) is 11.2. The average molecular weight is 425 g/mol. The van der Waals surface area contributed by atoms with E-state index in [1.165, 1.54) is 29.7 Å². The Balaban J connectivity index is 1.12. The summed E-state index contributed by atoms with van der Waals surface area (Å²) >= 11 is 1.71. The second-order valence-electron chi connectivity index (χ2n) is 9.39. The average Bonchev–Trinajstić information content (AvgIpc) is 3.47. The molecule has 158 valence electrons. The van der Waals surface area contributed by atoms with Gasteiger partial charge < -0.3 is 9.88 Å². The number of fused-ring (bicyclic) bond motifs is 5. The lowest BCUT2D eigenvalue weighted by Gasteiger charge is -2.36. The maximum absolute atomic E-state index is 13.0. The number of hydrogen-bond acceptors (Lipinski definition) is 5. The van der Waals surface area contributed by atoms with E-state index in [-0.39, 0.29) is 11.5 Å². The number of rotatable bonds is 3. The zero-order valence-electron chi connectivity index (χ0n) is 17.2. The van der Waals surface area contributed by atoms with Crippen LogP contribution in [0.5, 0.6) is 0 Å². The number of piperazine rings is 1. The van der Waals surface area contributed by atoms with Crippen LogP contribution in [0.25, 0.3) is 10.2 Å². The standard InChI is InChI=1S/C23H28N4O2S/c28-21-20-16-3-1-2-4-18(16)30-22(20)25-19(24-21)13-26-7-9-27(10-8-26)23(29)17-12-14-5-6-15(17)11-14/h5-6,14-15,17H,1-4,7-13H2,(H,24,25,28)/t14-,15-,17+/m0/s1. The second-order valence-corrected chi connectivity index (χ2v) is 10.5. The minimum atomic E-state index is 0.0209. The molecule has 1 saturated carbocycles. The van der Waals surface area contributed by atoms with Crippen molar-refractivity contribution in [3.05, 3.63) is 38.8 Å². The van der Waals surface area contributed by atoms with Gasteiger partial charge >= 0.3 is 0 Å². The van der Waals surface area contributed by atoms with Crippen molar-refractivity contribution < 1.29 is 4.79 Å². The van der Waals surface area contributed by atoms with Gasteiger partial charge in [-0.2, -0.15) is 0 Å². The molecule has 2 aromatic heterocycles. The lowest BCUT2D eigenvalue weighted by molar-refractivity contribution is -0.138. The Morgan fingerprint density at radius 2 is 1.97 bits per heavy atom. The molecule has 3 aliphatic carbocycles. The van der Waals surface area contributed by atoms with Crippen LogP contribution in [-0.4, -0.2) is 51.9 Å². The molecule has 4 aliphatic rings. The molecule has 30 heavy (non-hydrogen) atoms. The van der Waals surface area contributed by atoms with Crippen molar-refractivity contribution in [2.45, 2.75) is 45.1 Å². The Bertz CT molecular complexity index is 1080. The smallest absolute Gasteiger partial charge is 0.259 e. The van der Waals surface area contributed by atoms with Gasteiger partial charge in [-0.05, 0) is 55.9 Å². The second kappa shape index (κ2) is 7.31. The molecular formula is C23H28N4O2S. The van der Waals surface area contributed by atoms with E-state index < -0.39 is 0 Å². The van der Waals surface area contributed by atoms with Gasteiger partial charge in [-0.3, -0.25) is 14.5 Å². The number of aromatic amines is 1. The predicted octanol–water partition coefficient (Wildman–Crippen LogP) is 2.72. The summed E-state index contributed by atoms with van der Waals surface area (Å²) in [6.45, 7) is 3.87. The fourth-order valence-electron chi connectivity index (χ4n) is 5.92. The van der Waals surface area contributed by atoms with Crippen molar-refractivity contribution in [1.82, 2.24) is 19.8 Å². The molecule has 6 rings (SSSR count). The van der Waals surface area contributed by atoms with Crippen LogP contribution in [-0.2, 0) is 24.2 Å². The predicted molar refractivity (Wildman–Crippen MR) is 118 cm³/mol. The summed E-state index contributed by atoms with van der Waals surface area (Å²) < 4.78 is 0. The molecule has 3 heterocycles. The topological polar surface area (TPSA) is 69.3 Å². The van der Waals surface area contributed by atoms with Crippen LogP contribution < -0.4 is 5.56 Å². The largest absolute Gasteiger partial charge is 0.340 e. The number of hydrogen-bond donors (Lipinski definition) is 1. The molecule has 6 nitrogen and oxygen atoms in total. The summed E-state index contributed by atoms with van der Waals surface area (Å²) in [5, 5.41) is 0.828. The Morgan fingerprint density at radius 1 is 1.13 bits per heavy atom. The molecule has 2 aromatic rings. The summed E-state index contributed by atoms with van der Waals surface area (Å²) in [5.41, 5.74) is 1.26. The Labute approximate surface area is 180 Å². The molecule has 2 bridgehead atoms. The zero-order valence-corrected chi connectivity index (χ0v) is 18.0. The van der Waals surface area contributed by atoms with Gasteiger partial charge in [0.05, 0.1) is 11.9 Å². The summed E-state index contributed by atoms with van der Waals surface area (Å²) in [6, 6.07) is 0. The minimum absolute atomic E-state index is 0.0209. The van der Waals surface area contributed by atoms with E-state index in [1.807, 2.05) is 0 Å². The van der Waals surface area contributed by atoms with Gasteiger partial charge in [-0.1, -0.05) is 12.2 Å². The molecule has 1 saturated heterocycles. The molecule has 1 N–H and O–H groups in total. The SMILES string of the molecule is O=C([C@@H]1C[C@H]2C=C[C@H]1C2)N1CCN(Cc2nc3sc4c(c3c(=O)[nH]2)CCCC4)CC1. The van der Waals surface area contributed by atoms with Gasteiger partial charge in [0.25, 0.3) is 5.56 Å². The van der Waals surface area contributed by atoms with Gasteiger partial charge in [0.1, 0.15) is 10.7 Å². The highest BCUT2D eigenvalue weighted by Gasteiger charge is 2.41. The first-order valence-electron chi connectivity index (χ1n) is 11.4. The Hall–Kier alpha value is -1.99. The molecular weight excluding hydrogens is 396 g/mol. The number of H-pyrrole nitrogens is 1. The Kier molecular flexibility index (Phi) is 4.57.